The largest absolute Gasteiger partial charge is 0.314 e. The van der Waals surface area contributed by atoms with Crippen LogP contribution in [0.5, 0.6) is 0 Å². The molecule has 2 rings (SSSR count). The average molecular weight is 303 g/mol. The maximum atomic E-state index is 3.47. The first-order chi connectivity index (χ1) is 10.4. The Kier molecular flexibility index (Phi) is 6.05. The number of nitrogens with zero attached hydrogens (tertiary/aromatic N) is 1. The van der Waals surface area contributed by atoms with Crippen molar-refractivity contribution in [1.82, 2.24) is 10.2 Å². The smallest absolute Gasteiger partial charge is 0.0349 e. The number of nitrogens with one attached hydrogen (secondary N) is 1. The van der Waals surface area contributed by atoms with Crippen LogP contribution in [0, 0.1) is 5.92 Å². The summed E-state index contributed by atoms with van der Waals surface area (Å²) in [5.74, 6) is 0.777. The fourth-order valence-corrected chi connectivity index (χ4v) is 3.25. The average Bonchev–Trinajstić information content (AvgIpc) is 2.48. The van der Waals surface area contributed by atoms with Crippen molar-refractivity contribution in [2.24, 2.45) is 5.92 Å². The Hall–Kier alpha value is -0.860. The second-order valence-electron chi connectivity index (χ2n) is 8.14. The fraction of sp³-hybridized carbons (Fsp3) is 0.700. The molecule has 0 bridgehead atoms. The summed E-state index contributed by atoms with van der Waals surface area (Å²) in [7, 11) is 0. The SMILES string of the molecule is CC(C)CC[C@H](c1ccc(C(C)(C)C)cc1)N1CCNCC1. The van der Waals surface area contributed by atoms with Crippen LogP contribution in [-0.2, 0) is 5.41 Å². The predicted molar refractivity (Wildman–Crippen MR) is 96.4 cm³/mol. The number of piperazine rings is 1. The van der Waals surface area contributed by atoms with E-state index in [1.165, 1.54) is 37.1 Å². The van der Waals surface area contributed by atoms with E-state index in [9.17, 15) is 0 Å². The Morgan fingerprint density at radius 2 is 1.59 bits per heavy atom. The third kappa shape index (κ3) is 4.82. The van der Waals surface area contributed by atoms with Gasteiger partial charge in [-0.05, 0) is 35.3 Å². The summed E-state index contributed by atoms with van der Waals surface area (Å²) in [5.41, 5.74) is 3.16. The van der Waals surface area contributed by atoms with Gasteiger partial charge in [0.1, 0.15) is 0 Å². The van der Waals surface area contributed by atoms with Crippen molar-refractivity contribution in [3.8, 4) is 0 Å². The lowest BCUT2D eigenvalue weighted by Crippen LogP contribution is -2.45. The molecular weight excluding hydrogens is 268 g/mol. The maximum Gasteiger partial charge on any atom is 0.0349 e. The molecule has 2 heteroatoms. The van der Waals surface area contributed by atoms with Crippen molar-refractivity contribution < 1.29 is 0 Å². The molecule has 1 aliphatic rings. The minimum Gasteiger partial charge on any atom is -0.314 e. The maximum absolute atomic E-state index is 3.47. The quantitative estimate of drug-likeness (QED) is 0.869. The third-order valence-electron chi connectivity index (χ3n) is 4.77. The van der Waals surface area contributed by atoms with Gasteiger partial charge in [0.25, 0.3) is 0 Å². The van der Waals surface area contributed by atoms with Gasteiger partial charge in [0.05, 0.1) is 0 Å². The molecule has 1 aromatic rings. The van der Waals surface area contributed by atoms with E-state index in [1.54, 1.807) is 0 Å². The molecule has 0 radical (unpaired) electrons. The molecule has 0 aliphatic carbocycles. The lowest BCUT2D eigenvalue weighted by atomic mass is 9.85. The molecule has 1 aliphatic heterocycles. The highest BCUT2D eigenvalue weighted by Crippen LogP contribution is 2.30. The number of rotatable bonds is 5. The Morgan fingerprint density at radius 3 is 2.09 bits per heavy atom. The van der Waals surface area contributed by atoms with E-state index in [0.29, 0.717) is 6.04 Å². The highest BCUT2D eigenvalue weighted by molar-refractivity contribution is 5.29. The van der Waals surface area contributed by atoms with E-state index in [4.69, 9.17) is 0 Å². The van der Waals surface area contributed by atoms with E-state index in [0.717, 1.165) is 19.0 Å². The summed E-state index contributed by atoms with van der Waals surface area (Å²) in [4.78, 5) is 2.67. The molecule has 2 nitrogen and oxygen atoms in total. The third-order valence-corrected chi connectivity index (χ3v) is 4.77. The van der Waals surface area contributed by atoms with Crippen molar-refractivity contribution in [1.29, 1.82) is 0 Å². The molecule has 1 atom stereocenters. The van der Waals surface area contributed by atoms with E-state index in [1.807, 2.05) is 0 Å². The van der Waals surface area contributed by atoms with E-state index >= 15 is 0 Å². The first kappa shape index (κ1) is 17.5. The first-order valence-corrected chi connectivity index (χ1v) is 8.93. The van der Waals surface area contributed by atoms with Gasteiger partial charge in [-0.15, -0.1) is 0 Å². The van der Waals surface area contributed by atoms with Crippen molar-refractivity contribution >= 4 is 0 Å². The van der Waals surface area contributed by atoms with Crippen LogP contribution >= 0.6 is 0 Å². The molecule has 0 spiro atoms. The number of hydrogen-bond donors (Lipinski definition) is 1. The van der Waals surface area contributed by atoms with Crippen LogP contribution < -0.4 is 5.32 Å². The second kappa shape index (κ2) is 7.61. The van der Waals surface area contributed by atoms with Gasteiger partial charge in [0, 0.05) is 32.2 Å². The highest BCUT2D eigenvalue weighted by atomic mass is 15.2. The molecule has 1 heterocycles. The van der Waals surface area contributed by atoms with Gasteiger partial charge >= 0.3 is 0 Å². The lowest BCUT2D eigenvalue weighted by molar-refractivity contribution is 0.160. The van der Waals surface area contributed by atoms with Crippen molar-refractivity contribution in [2.45, 2.75) is 58.9 Å². The fourth-order valence-electron chi connectivity index (χ4n) is 3.25. The van der Waals surface area contributed by atoms with Crippen LogP contribution in [0.4, 0.5) is 0 Å². The molecule has 0 saturated carbocycles. The molecule has 1 saturated heterocycles. The minimum absolute atomic E-state index is 0.237. The Labute approximate surface area is 137 Å². The molecule has 0 unspecified atom stereocenters. The Morgan fingerprint density at radius 1 is 1.00 bits per heavy atom. The molecule has 124 valence electrons. The minimum atomic E-state index is 0.237. The van der Waals surface area contributed by atoms with Crippen molar-refractivity contribution in [3.05, 3.63) is 35.4 Å². The van der Waals surface area contributed by atoms with Gasteiger partial charge in [-0.2, -0.15) is 0 Å². The molecular formula is C20H34N2. The summed E-state index contributed by atoms with van der Waals surface area (Å²) >= 11 is 0. The summed E-state index contributed by atoms with van der Waals surface area (Å²) in [6, 6.07) is 9.99. The zero-order valence-corrected chi connectivity index (χ0v) is 15.2. The lowest BCUT2D eigenvalue weighted by Gasteiger charge is -2.36. The van der Waals surface area contributed by atoms with Gasteiger partial charge < -0.3 is 5.32 Å². The zero-order valence-electron chi connectivity index (χ0n) is 15.2. The van der Waals surface area contributed by atoms with Crippen LogP contribution in [0.1, 0.15) is 64.6 Å². The van der Waals surface area contributed by atoms with Crippen LogP contribution in [0.25, 0.3) is 0 Å². The van der Waals surface area contributed by atoms with Crippen molar-refractivity contribution in [3.63, 3.8) is 0 Å². The van der Waals surface area contributed by atoms with E-state index in [2.05, 4.69) is 69.1 Å². The normalized spacial score (nSPS) is 18.6. The van der Waals surface area contributed by atoms with Gasteiger partial charge in [0.2, 0.25) is 0 Å². The first-order valence-electron chi connectivity index (χ1n) is 8.93. The van der Waals surface area contributed by atoms with E-state index < -0.39 is 0 Å². The second-order valence-corrected chi connectivity index (χ2v) is 8.14. The summed E-state index contributed by atoms with van der Waals surface area (Å²) < 4.78 is 0. The van der Waals surface area contributed by atoms with Crippen LogP contribution in [-0.4, -0.2) is 31.1 Å². The highest BCUT2D eigenvalue weighted by Gasteiger charge is 2.23. The van der Waals surface area contributed by atoms with Gasteiger partial charge in [-0.1, -0.05) is 58.9 Å². The molecule has 1 N–H and O–H groups in total. The Bertz CT molecular complexity index is 436. The number of benzene rings is 1. The molecule has 0 aromatic heterocycles. The van der Waals surface area contributed by atoms with Crippen molar-refractivity contribution in [2.75, 3.05) is 26.2 Å². The van der Waals surface area contributed by atoms with Gasteiger partial charge in [-0.3, -0.25) is 4.90 Å². The van der Waals surface area contributed by atoms with Crippen LogP contribution in [0.2, 0.25) is 0 Å². The Balaban J connectivity index is 2.16. The topological polar surface area (TPSA) is 15.3 Å². The monoisotopic (exact) mass is 302 g/mol. The summed E-state index contributed by atoms with van der Waals surface area (Å²) in [6.07, 6.45) is 2.57. The van der Waals surface area contributed by atoms with Crippen LogP contribution in [0.3, 0.4) is 0 Å². The molecule has 1 aromatic carbocycles. The zero-order chi connectivity index (χ0) is 16.2. The number of hydrogen-bond acceptors (Lipinski definition) is 2. The summed E-state index contributed by atoms with van der Waals surface area (Å²) in [5, 5.41) is 3.47. The molecule has 22 heavy (non-hydrogen) atoms. The summed E-state index contributed by atoms with van der Waals surface area (Å²) in [6.45, 7) is 16.1. The molecule has 0 amide bonds. The van der Waals surface area contributed by atoms with Crippen LogP contribution in [0.15, 0.2) is 24.3 Å². The van der Waals surface area contributed by atoms with Gasteiger partial charge in [-0.25, -0.2) is 0 Å². The van der Waals surface area contributed by atoms with E-state index in [-0.39, 0.29) is 5.41 Å². The standard InChI is InChI=1S/C20H34N2/c1-16(2)6-11-19(22-14-12-21-13-15-22)17-7-9-18(10-8-17)20(3,4)5/h7-10,16,19,21H,6,11-15H2,1-5H3/t19-/m1/s1. The van der Waals surface area contributed by atoms with Gasteiger partial charge in [0.15, 0.2) is 0 Å². The predicted octanol–water partition coefficient (Wildman–Crippen LogP) is 4.37. The molecule has 1 fully saturated rings.